The van der Waals surface area contributed by atoms with Crippen LogP contribution in [-0.4, -0.2) is 4.98 Å². The van der Waals surface area contributed by atoms with Crippen LogP contribution in [0.15, 0.2) is 34.8 Å². The quantitative estimate of drug-likeness (QED) is 0.700. The highest BCUT2D eigenvalue weighted by molar-refractivity contribution is 9.10. The Morgan fingerprint density at radius 2 is 2.06 bits per heavy atom. The molecule has 0 fully saturated rings. The van der Waals surface area contributed by atoms with E-state index in [-0.39, 0.29) is 5.88 Å². The van der Waals surface area contributed by atoms with Crippen LogP contribution in [0.25, 0.3) is 0 Å². The lowest BCUT2D eigenvalue weighted by Crippen LogP contribution is -1.94. The van der Waals surface area contributed by atoms with Crippen LogP contribution >= 0.6 is 39.1 Å². The maximum Gasteiger partial charge on any atom is 0.219 e. The first-order chi connectivity index (χ1) is 8.60. The molecule has 18 heavy (non-hydrogen) atoms. The normalized spacial score (nSPS) is 10.4. The van der Waals surface area contributed by atoms with Crippen LogP contribution in [0.3, 0.4) is 0 Å². The van der Waals surface area contributed by atoms with E-state index in [1.807, 2.05) is 25.1 Å². The van der Waals surface area contributed by atoms with Crippen LogP contribution in [0.2, 0.25) is 5.02 Å². The van der Waals surface area contributed by atoms with Crippen LogP contribution in [0.1, 0.15) is 11.3 Å². The Morgan fingerprint density at radius 3 is 2.78 bits per heavy atom. The van der Waals surface area contributed by atoms with Crippen LogP contribution in [-0.2, 0) is 5.88 Å². The topological polar surface area (TPSA) is 22.1 Å². The number of aryl methyl sites for hydroxylation is 1. The largest absolute Gasteiger partial charge is 0.439 e. The zero-order valence-electron chi connectivity index (χ0n) is 9.58. The van der Waals surface area contributed by atoms with E-state index in [0.29, 0.717) is 16.6 Å². The number of hydrogen-bond donors (Lipinski definition) is 0. The van der Waals surface area contributed by atoms with Gasteiger partial charge in [-0.2, -0.15) is 0 Å². The summed E-state index contributed by atoms with van der Waals surface area (Å²) in [5, 5.41) is 0.545. The number of hydrogen-bond acceptors (Lipinski definition) is 2. The van der Waals surface area contributed by atoms with Gasteiger partial charge in [-0.25, -0.2) is 4.98 Å². The molecule has 1 aromatic heterocycles. The Hall–Kier alpha value is -0.770. The number of ether oxygens (including phenoxy) is 1. The van der Waals surface area contributed by atoms with Gasteiger partial charge in [-0.3, -0.25) is 0 Å². The van der Waals surface area contributed by atoms with Gasteiger partial charge in [0.15, 0.2) is 0 Å². The fourth-order valence-corrected chi connectivity index (χ4v) is 2.20. The lowest BCUT2D eigenvalue weighted by molar-refractivity contribution is 0.458. The summed E-state index contributed by atoms with van der Waals surface area (Å²) in [5.41, 5.74) is 1.64. The smallest absolute Gasteiger partial charge is 0.219 e. The maximum atomic E-state index is 5.95. The van der Waals surface area contributed by atoms with E-state index in [2.05, 4.69) is 20.9 Å². The van der Waals surface area contributed by atoms with Gasteiger partial charge in [-0.15, -0.1) is 11.6 Å². The third kappa shape index (κ3) is 3.16. The van der Waals surface area contributed by atoms with Crippen molar-refractivity contribution in [2.75, 3.05) is 0 Å². The molecule has 0 aliphatic carbocycles. The van der Waals surface area contributed by atoms with Crippen molar-refractivity contribution >= 4 is 39.1 Å². The summed E-state index contributed by atoms with van der Waals surface area (Å²) in [6.07, 6.45) is 0. The second-order valence-corrected chi connectivity index (χ2v) is 5.31. The van der Waals surface area contributed by atoms with Gasteiger partial charge < -0.3 is 4.74 Å². The monoisotopic (exact) mass is 345 g/mol. The first-order valence-electron chi connectivity index (χ1n) is 5.25. The minimum absolute atomic E-state index is 0.257. The summed E-state index contributed by atoms with van der Waals surface area (Å²) in [6.45, 7) is 1.97. The molecular formula is C13H10BrCl2NO. The predicted molar refractivity (Wildman–Crippen MR) is 77.8 cm³/mol. The van der Waals surface area contributed by atoms with Gasteiger partial charge in [0, 0.05) is 10.5 Å². The Labute approximate surface area is 124 Å². The number of alkyl halides is 1. The van der Waals surface area contributed by atoms with Crippen molar-refractivity contribution in [2.45, 2.75) is 12.8 Å². The van der Waals surface area contributed by atoms with E-state index < -0.39 is 0 Å². The molecule has 0 spiro atoms. The summed E-state index contributed by atoms with van der Waals surface area (Å²) in [5.74, 6) is 1.49. The lowest BCUT2D eigenvalue weighted by Gasteiger charge is -2.09. The first kappa shape index (κ1) is 13.7. The van der Waals surface area contributed by atoms with Crippen molar-refractivity contribution in [1.29, 1.82) is 0 Å². The second-order valence-electron chi connectivity index (χ2n) is 3.72. The molecule has 0 unspecified atom stereocenters. The van der Waals surface area contributed by atoms with Crippen LogP contribution < -0.4 is 4.74 Å². The molecule has 0 aliphatic heterocycles. The molecular weight excluding hydrogens is 337 g/mol. The summed E-state index contributed by atoms with van der Waals surface area (Å²) < 4.78 is 6.68. The highest BCUT2D eigenvalue weighted by Crippen LogP contribution is 2.28. The summed E-state index contributed by atoms with van der Waals surface area (Å²) >= 11 is 15.1. The standard InChI is InChI=1S/C13H10BrCl2NO/c1-8-2-3-9(14)6-12(8)18-13-5-4-10(16)11(7-15)17-13/h2-6H,7H2,1H3. The average molecular weight is 347 g/mol. The third-order valence-corrected chi connectivity index (χ3v) is 3.47. The Bertz CT molecular complexity index is 575. The molecule has 2 nitrogen and oxygen atoms in total. The summed E-state index contributed by atoms with van der Waals surface area (Å²) in [7, 11) is 0. The number of nitrogens with zero attached hydrogens (tertiary/aromatic N) is 1. The zero-order chi connectivity index (χ0) is 13.1. The molecule has 0 saturated heterocycles. The third-order valence-electron chi connectivity index (χ3n) is 2.38. The van der Waals surface area contributed by atoms with Crippen molar-refractivity contribution in [3.8, 4) is 11.6 Å². The zero-order valence-corrected chi connectivity index (χ0v) is 12.7. The first-order valence-corrected chi connectivity index (χ1v) is 6.96. The molecule has 2 aromatic rings. The average Bonchev–Trinajstić information content (AvgIpc) is 2.36. The minimum atomic E-state index is 0.257. The molecule has 0 amide bonds. The van der Waals surface area contributed by atoms with E-state index >= 15 is 0 Å². The summed E-state index contributed by atoms with van der Waals surface area (Å²) in [6, 6.07) is 9.28. The number of benzene rings is 1. The molecule has 0 N–H and O–H groups in total. The van der Waals surface area contributed by atoms with Crippen molar-refractivity contribution in [1.82, 2.24) is 4.98 Å². The Morgan fingerprint density at radius 1 is 1.28 bits per heavy atom. The van der Waals surface area contributed by atoms with E-state index in [1.54, 1.807) is 12.1 Å². The van der Waals surface area contributed by atoms with Gasteiger partial charge in [0.2, 0.25) is 5.88 Å². The molecule has 2 rings (SSSR count). The van der Waals surface area contributed by atoms with Gasteiger partial charge in [0.1, 0.15) is 5.75 Å². The number of rotatable bonds is 3. The number of aromatic nitrogens is 1. The predicted octanol–water partition coefficient (Wildman–Crippen LogP) is 5.34. The SMILES string of the molecule is Cc1ccc(Br)cc1Oc1ccc(Cl)c(CCl)n1. The Balaban J connectivity index is 2.31. The number of pyridine rings is 1. The highest BCUT2D eigenvalue weighted by atomic mass is 79.9. The molecule has 0 aliphatic rings. The van der Waals surface area contributed by atoms with Crippen LogP contribution in [0, 0.1) is 6.92 Å². The summed E-state index contributed by atoms with van der Waals surface area (Å²) in [4.78, 5) is 4.26. The fraction of sp³-hybridized carbons (Fsp3) is 0.154. The molecule has 1 aromatic carbocycles. The molecule has 5 heteroatoms. The van der Waals surface area contributed by atoms with Gasteiger partial charge >= 0.3 is 0 Å². The van der Waals surface area contributed by atoms with Crippen molar-refractivity contribution < 1.29 is 4.74 Å². The maximum absolute atomic E-state index is 5.95. The molecule has 0 atom stereocenters. The second kappa shape index (κ2) is 5.91. The van der Waals surface area contributed by atoms with Gasteiger partial charge in [0.25, 0.3) is 0 Å². The van der Waals surface area contributed by atoms with Crippen LogP contribution in [0.4, 0.5) is 0 Å². The van der Waals surface area contributed by atoms with Crippen molar-refractivity contribution in [2.24, 2.45) is 0 Å². The lowest BCUT2D eigenvalue weighted by atomic mass is 10.2. The molecule has 0 bridgehead atoms. The van der Waals surface area contributed by atoms with E-state index in [1.165, 1.54) is 0 Å². The highest BCUT2D eigenvalue weighted by Gasteiger charge is 2.07. The minimum Gasteiger partial charge on any atom is -0.439 e. The Kier molecular flexibility index (Phi) is 4.49. The van der Waals surface area contributed by atoms with E-state index in [0.717, 1.165) is 15.8 Å². The van der Waals surface area contributed by atoms with Crippen molar-refractivity contribution in [3.63, 3.8) is 0 Å². The molecule has 1 heterocycles. The van der Waals surface area contributed by atoms with Gasteiger partial charge in [-0.05, 0) is 30.7 Å². The fourth-order valence-electron chi connectivity index (χ4n) is 1.41. The van der Waals surface area contributed by atoms with Gasteiger partial charge in [-0.1, -0.05) is 33.6 Å². The van der Waals surface area contributed by atoms with Crippen molar-refractivity contribution in [3.05, 3.63) is 51.1 Å². The van der Waals surface area contributed by atoms with E-state index in [9.17, 15) is 0 Å². The van der Waals surface area contributed by atoms with Gasteiger partial charge in [0.05, 0.1) is 16.6 Å². The molecule has 0 saturated carbocycles. The molecule has 94 valence electrons. The van der Waals surface area contributed by atoms with Crippen LogP contribution in [0.5, 0.6) is 11.6 Å². The van der Waals surface area contributed by atoms with E-state index in [4.69, 9.17) is 27.9 Å². The molecule has 0 radical (unpaired) electrons. The number of halogens is 3.